The predicted octanol–water partition coefficient (Wildman–Crippen LogP) is 7.27. The highest BCUT2D eigenvalue weighted by molar-refractivity contribution is 5.64. The maximum Gasteiger partial charge on any atom is 0.141 e. The summed E-state index contributed by atoms with van der Waals surface area (Å²) in [4.78, 5) is 0. The third kappa shape index (κ3) is 6.03. The van der Waals surface area contributed by atoms with E-state index in [4.69, 9.17) is 5.26 Å². The Morgan fingerprint density at radius 2 is 1.24 bits per heavy atom. The molecule has 0 bridgehead atoms. The minimum Gasteiger partial charge on any atom is -0.206 e. The highest BCUT2D eigenvalue weighted by atomic mass is 19.1. The van der Waals surface area contributed by atoms with Crippen molar-refractivity contribution in [2.45, 2.75) is 51.9 Å². The average molecular weight is 386 g/mol. The zero-order valence-corrected chi connectivity index (χ0v) is 17.1. The molecule has 3 aromatic rings. The van der Waals surface area contributed by atoms with Crippen molar-refractivity contribution in [3.8, 4) is 17.2 Å². The first-order chi connectivity index (χ1) is 14.2. The molecular weight excluding hydrogens is 357 g/mol. The fraction of sp³-hybridized carbons (Fsp3) is 0.296. The van der Waals surface area contributed by atoms with Gasteiger partial charge >= 0.3 is 0 Å². The van der Waals surface area contributed by atoms with Gasteiger partial charge in [-0.1, -0.05) is 80.8 Å². The van der Waals surface area contributed by atoms with Crippen LogP contribution >= 0.6 is 0 Å². The van der Waals surface area contributed by atoms with Crippen molar-refractivity contribution in [2.75, 3.05) is 0 Å². The van der Waals surface area contributed by atoms with E-state index in [0.29, 0.717) is 0 Å². The molecule has 29 heavy (non-hydrogen) atoms. The van der Waals surface area contributed by atoms with Crippen molar-refractivity contribution < 1.29 is 4.39 Å². The van der Waals surface area contributed by atoms with Crippen molar-refractivity contribution in [3.05, 3.63) is 94.8 Å². The topological polar surface area (TPSA) is 23.8 Å². The van der Waals surface area contributed by atoms with Crippen LogP contribution < -0.4 is 0 Å². The van der Waals surface area contributed by atoms with Gasteiger partial charge in [-0.05, 0) is 65.6 Å². The van der Waals surface area contributed by atoms with Gasteiger partial charge in [0.15, 0.2) is 0 Å². The lowest BCUT2D eigenvalue weighted by Crippen LogP contribution is -1.94. The van der Waals surface area contributed by atoms with Gasteiger partial charge in [-0.25, -0.2) is 4.39 Å². The zero-order valence-electron chi connectivity index (χ0n) is 17.1. The lowest BCUT2D eigenvalue weighted by atomic mass is 9.98. The van der Waals surface area contributed by atoms with Crippen LogP contribution in [0.2, 0.25) is 0 Å². The number of halogens is 1. The Bertz CT molecular complexity index is 949. The van der Waals surface area contributed by atoms with Crippen LogP contribution in [0.3, 0.4) is 0 Å². The van der Waals surface area contributed by atoms with Gasteiger partial charge in [0.05, 0.1) is 5.56 Å². The van der Waals surface area contributed by atoms with E-state index in [1.807, 2.05) is 12.1 Å². The van der Waals surface area contributed by atoms with Gasteiger partial charge in [0.2, 0.25) is 0 Å². The average Bonchev–Trinajstić information content (AvgIpc) is 2.76. The summed E-state index contributed by atoms with van der Waals surface area (Å²) in [7, 11) is 0. The first kappa shape index (κ1) is 20.8. The van der Waals surface area contributed by atoms with Crippen molar-refractivity contribution in [3.63, 3.8) is 0 Å². The molecule has 0 unspecified atom stereocenters. The van der Waals surface area contributed by atoms with Crippen LogP contribution in [0.5, 0.6) is 0 Å². The maximum absolute atomic E-state index is 13.7. The molecule has 1 nitrogen and oxygen atoms in total. The number of nitriles is 1. The Labute approximate surface area is 173 Å². The Morgan fingerprint density at radius 1 is 0.690 bits per heavy atom. The number of unbranched alkanes of at least 4 members (excludes halogenated alkanes) is 3. The van der Waals surface area contributed by atoms with E-state index in [-0.39, 0.29) is 5.56 Å². The summed E-state index contributed by atoms with van der Waals surface area (Å²) in [5.41, 5.74) is 6.12. The highest BCUT2D eigenvalue weighted by Crippen LogP contribution is 2.22. The molecule has 2 heteroatoms. The third-order valence-corrected chi connectivity index (χ3v) is 5.42. The van der Waals surface area contributed by atoms with Gasteiger partial charge < -0.3 is 0 Å². The Morgan fingerprint density at radius 3 is 1.79 bits per heavy atom. The van der Waals surface area contributed by atoms with Gasteiger partial charge in [-0.2, -0.15) is 5.26 Å². The molecule has 0 aliphatic rings. The molecule has 0 saturated heterocycles. The molecule has 3 rings (SSSR count). The van der Waals surface area contributed by atoms with Crippen LogP contribution in [-0.4, -0.2) is 0 Å². The largest absolute Gasteiger partial charge is 0.206 e. The summed E-state index contributed by atoms with van der Waals surface area (Å²) in [5, 5.41) is 8.82. The summed E-state index contributed by atoms with van der Waals surface area (Å²) in [5.74, 6) is -0.436. The summed E-state index contributed by atoms with van der Waals surface area (Å²) >= 11 is 0. The Kier molecular flexibility index (Phi) is 7.59. The number of benzene rings is 3. The number of nitrogens with zero attached hydrogens (tertiary/aromatic N) is 1. The molecule has 0 aromatic heterocycles. The van der Waals surface area contributed by atoms with Crippen LogP contribution in [0, 0.1) is 17.1 Å². The van der Waals surface area contributed by atoms with Crippen LogP contribution in [-0.2, 0) is 19.3 Å². The quantitative estimate of drug-likeness (QED) is 0.355. The van der Waals surface area contributed by atoms with Crippen molar-refractivity contribution in [1.29, 1.82) is 5.26 Å². The lowest BCUT2D eigenvalue weighted by molar-refractivity contribution is 0.621. The monoisotopic (exact) mass is 385 g/mol. The van der Waals surface area contributed by atoms with Crippen LogP contribution in [0.1, 0.15) is 54.9 Å². The molecule has 0 fully saturated rings. The Balaban J connectivity index is 1.55. The summed E-state index contributed by atoms with van der Waals surface area (Å²) < 4.78 is 13.7. The maximum atomic E-state index is 13.7. The number of hydrogen-bond acceptors (Lipinski definition) is 1. The molecule has 0 heterocycles. The number of hydrogen-bond donors (Lipinski definition) is 0. The van der Waals surface area contributed by atoms with E-state index in [0.717, 1.165) is 24.8 Å². The number of aryl methyl sites for hydroxylation is 3. The number of rotatable bonds is 9. The smallest absolute Gasteiger partial charge is 0.141 e. The molecule has 0 aliphatic carbocycles. The molecule has 0 amide bonds. The standard InChI is InChI=1S/C27H28FN/c1-2-3-4-5-6-21-9-14-24(15-10-21)25-16-11-22(12-17-25)7-8-23-13-18-26(20-29)27(28)19-23/h9-19H,2-8H2,1H3. The fourth-order valence-corrected chi connectivity index (χ4v) is 3.58. The van der Waals surface area contributed by atoms with Crippen LogP contribution in [0.4, 0.5) is 4.39 Å². The molecule has 0 radical (unpaired) electrons. The van der Waals surface area contributed by atoms with E-state index in [1.54, 1.807) is 6.07 Å². The molecule has 0 saturated carbocycles. The zero-order chi connectivity index (χ0) is 20.5. The predicted molar refractivity (Wildman–Crippen MR) is 118 cm³/mol. The molecule has 148 valence electrons. The summed E-state index contributed by atoms with van der Waals surface area (Å²) in [6, 6.07) is 24.2. The van der Waals surface area contributed by atoms with Gasteiger partial charge in [0, 0.05) is 0 Å². The van der Waals surface area contributed by atoms with Crippen molar-refractivity contribution in [1.82, 2.24) is 0 Å². The van der Waals surface area contributed by atoms with Crippen LogP contribution in [0.25, 0.3) is 11.1 Å². The molecule has 3 aromatic carbocycles. The van der Waals surface area contributed by atoms with Crippen molar-refractivity contribution in [2.24, 2.45) is 0 Å². The van der Waals surface area contributed by atoms with Gasteiger partial charge in [-0.3, -0.25) is 0 Å². The van der Waals surface area contributed by atoms with E-state index in [1.165, 1.54) is 54.0 Å². The minimum atomic E-state index is -0.436. The van der Waals surface area contributed by atoms with E-state index in [2.05, 4.69) is 55.5 Å². The molecule has 0 aliphatic heterocycles. The normalized spacial score (nSPS) is 10.7. The highest BCUT2D eigenvalue weighted by Gasteiger charge is 2.04. The first-order valence-corrected chi connectivity index (χ1v) is 10.6. The van der Waals surface area contributed by atoms with E-state index in [9.17, 15) is 4.39 Å². The SMILES string of the molecule is CCCCCCc1ccc(-c2ccc(CCc3ccc(C#N)c(F)c3)cc2)cc1. The lowest BCUT2D eigenvalue weighted by Gasteiger charge is -2.07. The second-order valence-electron chi connectivity index (χ2n) is 7.63. The summed E-state index contributed by atoms with van der Waals surface area (Å²) in [6.45, 7) is 2.24. The second kappa shape index (κ2) is 10.6. The minimum absolute atomic E-state index is 0.102. The second-order valence-corrected chi connectivity index (χ2v) is 7.63. The van der Waals surface area contributed by atoms with Crippen LogP contribution in [0.15, 0.2) is 66.7 Å². The van der Waals surface area contributed by atoms with Crippen molar-refractivity contribution >= 4 is 0 Å². The first-order valence-electron chi connectivity index (χ1n) is 10.6. The van der Waals surface area contributed by atoms with Gasteiger partial charge in [0.25, 0.3) is 0 Å². The fourth-order valence-electron chi connectivity index (χ4n) is 3.58. The molecule has 0 N–H and O–H groups in total. The van der Waals surface area contributed by atoms with Gasteiger partial charge in [0.1, 0.15) is 11.9 Å². The Hall–Kier alpha value is -2.92. The van der Waals surface area contributed by atoms with E-state index >= 15 is 0 Å². The molecular formula is C27H28FN. The summed E-state index contributed by atoms with van der Waals surface area (Å²) in [6.07, 6.45) is 7.95. The van der Waals surface area contributed by atoms with Gasteiger partial charge in [-0.15, -0.1) is 0 Å². The molecule has 0 atom stereocenters. The third-order valence-electron chi connectivity index (χ3n) is 5.42. The molecule has 0 spiro atoms. The van der Waals surface area contributed by atoms with E-state index < -0.39 is 5.82 Å².